The van der Waals surface area contributed by atoms with Gasteiger partial charge in [0, 0.05) is 14.1 Å². The van der Waals surface area contributed by atoms with Crippen molar-refractivity contribution in [1.29, 1.82) is 0 Å². The van der Waals surface area contributed by atoms with E-state index in [4.69, 9.17) is 0 Å². The smallest absolute Gasteiger partial charge is 0.326 e. The average Bonchev–Trinajstić information content (AvgIpc) is 1.67. The number of hydrogen-bond donors (Lipinski definition) is 1. The number of nitrogens with one attached hydrogen (secondary N) is 1. The maximum Gasteiger partial charge on any atom is 0.326 e. The predicted molar refractivity (Wildman–Crippen MR) is 29.8 cm³/mol. The Balaban J connectivity index is 3.48. The molecule has 0 aliphatic rings. The largest absolute Gasteiger partial charge is 0.330 e. The Hall–Kier alpha value is -0.630. The Bertz CT molecular complexity index is 103. The molecule has 0 heterocycles. The third-order valence-electron chi connectivity index (χ3n) is 0.547. The van der Waals surface area contributed by atoms with Crippen LogP contribution in [0.5, 0.6) is 0 Å². The van der Waals surface area contributed by atoms with Crippen LogP contribution in [0, 0.1) is 0 Å². The molecule has 8 heavy (non-hydrogen) atoms. The van der Waals surface area contributed by atoms with Crippen LogP contribution in [-0.4, -0.2) is 25.0 Å². The first-order valence-corrected chi connectivity index (χ1v) is 2.79. The Kier molecular flexibility index (Phi) is 3.12. The number of hydrogen-bond acceptors (Lipinski definition) is 2. The number of carbonyl (C=O) groups excluding carboxylic acids is 1. The summed E-state index contributed by atoms with van der Waals surface area (Å²) in [5.74, 6) is 0. The lowest BCUT2D eigenvalue weighted by molar-refractivity contribution is 0.223. The maximum absolute atomic E-state index is 10.4. The van der Waals surface area contributed by atoms with Gasteiger partial charge in [0.1, 0.15) is 0 Å². The second-order valence-electron chi connectivity index (χ2n) is 1.40. The molecule has 0 aromatic rings. The van der Waals surface area contributed by atoms with E-state index in [1.54, 1.807) is 14.1 Å². The minimum atomic E-state index is -0.360. The Labute approximate surface area is 49.1 Å². The number of urea groups is 1. The molecule has 0 bridgehead atoms. The van der Waals surface area contributed by atoms with Gasteiger partial charge in [-0.15, -0.1) is 0 Å². The van der Waals surface area contributed by atoms with Gasteiger partial charge in [0.15, 0.2) is 0 Å². The molecule has 0 unspecified atom stereocenters. The SMILES string of the molecule is CN(C)C(=O)NP=O. The molecule has 46 valence electrons. The van der Waals surface area contributed by atoms with E-state index in [0.717, 1.165) is 0 Å². The molecular formula is C3H7N2O2P. The fourth-order valence-electron chi connectivity index (χ4n) is 0.139. The van der Waals surface area contributed by atoms with E-state index in [1.165, 1.54) is 4.90 Å². The van der Waals surface area contributed by atoms with Gasteiger partial charge in [-0.2, -0.15) is 0 Å². The quantitative estimate of drug-likeness (QED) is 0.529. The molecule has 0 saturated heterocycles. The lowest BCUT2D eigenvalue weighted by atomic mass is 10.9. The van der Waals surface area contributed by atoms with Gasteiger partial charge < -0.3 is 4.90 Å². The van der Waals surface area contributed by atoms with Gasteiger partial charge in [-0.05, 0) is 0 Å². The van der Waals surface area contributed by atoms with E-state index in [2.05, 4.69) is 0 Å². The molecule has 5 heteroatoms. The molecule has 2 amide bonds. The number of nitrogens with zero attached hydrogens (tertiary/aromatic N) is 1. The summed E-state index contributed by atoms with van der Waals surface area (Å²) < 4.78 is 9.66. The lowest BCUT2D eigenvalue weighted by Gasteiger charge is -2.05. The molecule has 0 rings (SSSR count). The zero-order valence-corrected chi connectivity index (χ0v) is 5.61. The summed E-state index contributed by atoms with van der Waals surface area (Å²) in [5.41, 5.74) is 0. The van der Waals surface area contributed by atoms with Crippen LogP contribution in [0.15, 0.2) is 0 Å². The fourth-order valence-corrected chi connectivity index (χ4v) is 0.417. The molecule has 0 aromatic carbocycles. The standard InChI is InChI=1S/C3H7N2O2P/c1-5(2)3(6)4-8-7/h1-2H3,(H,4,6,7). The predicted octanol–water partition coefficient (Wildman–Crippen LogP) is 0.464. The van der Waals surface area contributed by atoms with E-state index >= 15 is 0 Å². The van der Waals surface area contributed by atoms with Gasteiger partial charge in [-0.25, -0.2) is 9.36 Å². The maximum atomic E-state index is 10.4. The van der Waals surface area contributed by atoms with Gasteiger partial charge in [0.05, 0.1) is 0 Å². The van der Waals surface area contributed by atoms with Gasteiger partial charge in [-0.1, -0.05) is 0 Å². The summed E-state index contributed by atoms with van der Waals surface area (Å²) in [6.45, 7) is 0. The summed E-state index contributed by atoms with van der Waals surface area (Å²) in [4.78, 5) is 11.6. The molecule has 0 radical (unpaired) electrons. The summed E-state index contributed by atoms with van der Waals surface area (Å²) in [5, 5.41) is 2.05. The number of rotatable bonds is 1. The third kappa shape index (κ3) is 2.53. The molecule has 0 aromatic heterocycles. The van der Waals surface area contributed by atoms with Crippen LogP contribution in [0.1, 0.15) is 0 Å². The fraction of sp³-hybridized carbons (Fsp3) is 0.667. The Morgan fingerprint density at radius 1 is 1.62 bits per heavy atom. The highest BCUT2D eigenvalue weighted by Crippen LogP contribution is 1.83. The normalized spacial score (nSPS) is 8.75. The van der Waals surface area contributed by atoms with Gasteiger partial charge in [0.25, 0.3) is 8.61 Å². The highest BCUT2D eigenvalue weighted by Gasteiger charge is 1.98. The molecule has 0 aliphatic carbocycles. The van der Waals surface area contributed by atoms with Crippen LogP contribution < -0.4 is 5.09 Å². The molecule has 0 fully saturated rings. The molecule has 4 nitrogen and oxygen atoms in total. The van der Waals surface area contributed by atoms with E-state index in [0.29, 0.717) is 0 Å². The van der Waals surface area contributed by atoms with Crippen LogP contribution in [0.2, 0.25) is 0 Å². The van der Waals surface area contributed by atoms with Crippen molar-refractivity contribution in [2.45, 2.75) is 0 Å². The zero-order chi connectivity index (χ0) is 6.57. The summed E-state index contributed by atoms with van der Waals surface area (Å²) in [6, 6.07) is -0.360. The van der Waals surface area contributed by atoms with Gasteiger partial charge in [0.2, 0.25) is 0 Å². The van der Waals surface area contributed by atoms with Crippen LogP contribution in [0.3, 0.4) is 0 Å². The van der Waals surface area contributed by atoms with Crippen LogP contribution >= 0.6 is 8.61 Å². The van der Waals surface area contributed by atoms with Crippen molar-refractivity contribution in [3.63, 3.8) is 0 Å². The summed E-state index contributed by atoms with van der Waals surface area (Å²) >= 11 is 0. The van der Waals surface area contributed by atoms with E-state index in [-0.39, 0.29) is 14.6 Å². The lowest BCUT2D eigenvalue weighted by Crippen LogP contribution is -2.28. The number of carbonyl (C=O) groups is 1. The Morgan fingerprint density at radius 2 is 2.12 bits per heavy atom. The molecular weight excluding hydrogens is 127 g/mol. The van der Waals surface area contributed by atoms with Crippen molar-refractivity contribution in [2.75, 3.05) is 14.1 Å². The highest BCUT2D eigenvalue weighted by atomic mass is 31.1. The van der Waals surface area contributed by atoms with Crippen LogP contribution in [0.25, 0.3) is 0 Å². The number of amides is 2. The van der Waals surface area contributed by atoms with E-state index in [9.17, 15) is 9.36 Å². The minimum absolute atomic E-state index is 0.357. The molecule has 0 spiro atoms. The topological polar surface area (TPSA) is 49.4 Å². The first-order valence-electron chi connectivity index (χ1n) is 1.98. The summed E-state index contributed by atoms with van der Waals surface area (Å²) in [7, 11) is 2.78. The highest BCUT2D eigenvalue weighted by molar-refractivity contribution is 7.22. The molecule has 1 N–H and O–H groups in total. The third-order valence-corrected chi connectivity index (χ3v) is 0.830. The van der Waals surface area contributed by atoms with Crippen LogP contribution in [-0.2, 0) is 4.57 Å². The van der Waals surface area contributed by atoms with Crippen molar-refractivity contribution in [2.24, 2.45) is 0 Å². The zero-order valence-electron chi connectivity index (χ0n) is 4.71. The van der Waals surface area contributed by atoms with Gasteiger partial charge in [-0.3, -0.25) is 5.09 Å². The first-order chi connectivity index (χ1) is 3.68. The van der Waals surface area contributed by atoms with Crippen molar-refractivity contribution < 1.29 is 9.36 Å². The van der Waals surface area contributed by atoms with Crippen molar-refractivity contribution in [3.05, 3.63) is 0 Å². The molecule has 0 atom stereocenters. The molecule has 0 aliphatic heterocycles. The monoisotopic (exact) mass is 134 g/mol. The van der Waals surface area contributed by atoms with E-state index < -0.39 is 0 Å². The average molecular weight is 134 g/mol. The first kappa shape index (κ1) is 7.37. The second kappa shape index (κ2) is 3.38. The van der Waals surface area contributed by atoms with Crippen molar-refractivity contribution >= 4 is 14.6 Å². The molecule has 0 saturated carbocycles. The van der Waals surface area contributed by atoms with Crippen molar-refractivity contribution in [3.8, 4) is 0 Å². The second-order valence-corrected chi connectivity index (χ2v) is 1.81. The van der Waals surface area contributed by atoms with E-state index in [1.807, 2.05) is 5.09 Å². The van der Waals surface area contributed by atoms with Crippen LogP contribution in [0.4, 0.5) is 4.79 Å². The minimum Gasteiger partial charge on any atom is -0.330 e. The van der Waals surface area contributed by atoms with Gasteiger partial charge >= 0.3 is 6.03 Å². The summed E-state index contributed by atoms with van der Waals surface area (Å²) in [6.07, 6.45) is 0. The Morgan fingerprint density at radius 3 is 2.25 bits per heavy atom. The van der Waals surface area contributed by atoms with Crippen molar-refractivity contribution in [1.82, 2.24) is 9.99 Å².